The first kappa shape index (κ1) is 15.0. The van der Waals surface area contributed by atoms with Crippen LogP contribution in [0.4, 0.5) is 0 Å². The summed E-state index contributed by atoms with van der Waals surface area (Å²) < 4.78 is 5.87. The third-order valence-corrected chi connectivity index (χ3v) is 4.72. The van der Waals surface area contributed by atoms with Crippen LogP contribution in [0.2, 0.25) is 0 Å². The molecule has 1 aliphatic carbocycles. The van der Waals surface area contributed by atoms with E-state index in [1.54, 1.807) is 5.57 Å². The minimum Gasteiger partial charge on any atom is -0.378 e. The van der Waals surface area contributed by atoms with Crippen LogP contribution in [0, 0.1) is 5.92 Å². The van der Waals surface area contributed by atoms with Crippen LogP contribution in [-0.2, 0) is 4.74 Å². The van der Waals surface area contributed by atoms with Crippen molar-refractivity contribution in [3.63, 3.8) is 0 Å². The lowest BCUT2D eigenvalue weighted by Gasteiger charge is -2.42. The lowest BCUT2D eigenvalue weighted by Crippen LogP contribution is -2.57. The number of allylic oxidation sites excluding steroid dienone is 1. The van der Waals surface area contributed by atoms with Gasteiger partial charge in [-0.15, -0.1) is 0 Å². The Balaban J connectivity index is 1.83. The maximum Gasteiger partial charge on any atom is 0.0616 e. The van der Waals surface area contributed by atoms with Crippen LogP contribution < -0.4 is 11.1 Å². The Bertz CT molecular complexity index is 314. The largest absolute Gasteiger partial charge is 0.378 e. The van der Waals surface area contributed by atoms with Gasteiger partial charge in [0, 0.05) is 18.7 Å². The molecule has 3 heteroatoms. The van der Waals surface area contributed by atoms with Crippen molar-refractivity contribution in [1.82, 2.24) is 5.32 Å². The molecular formula is C16H30N2O. The number of nitrogens with one attached hydrogen (secondary N) is 1. The summed E-state index contributed by atoms with van der Waals surface area (Å²) in [5.41, 5.74) is 7.80. The smallest absolute Gasteiger partial charge is 0.0616 e. The Labute approximate surface area is 118 Å². The topological polar surface area (TPSA) is 47.3 Å². The van der Waals surface area contributed by atoms with Gasteiger partial charge in [-0.25, -0.2) is 0 Å². The van der Waals surface area contributed by atoms with Crippen molar-refractivity contribution >= 4 is 0 Å². The van der Waals surface area contributed by atoms with Crippen molar-refractivity contribution in [2.45, 2.75) is 64.0 Å². The molecule has 1 aliphatic heterocycles. The quantitative estimate of drug-likeness (QED) is 0.727. The van der Waals surface area contributed by atoms with Crippen molar-refractivity contribution in [3.05, 3.63) is 11.6 Å². The number of rotatable bonds is 6. The summed E-state index contributed by atoms with van der Waals surface area (Å²) in [7, 11) is 0. The van der Waals surface area contributed by atoms with Gasteiger partial charge in [-0.3, -0.25) is 0 Å². The molecule has 0 saturated carbocycles. The molecule has 3 nitrogen and oxygen atoms in total. The summed E-state index contributed by atoms with van der Waals surface area (Å²) in [4.78, 5) is 0. The van der Waals surface area contributed by atoms with Gasteiger partial charge in [0.2, 0.25) is 0 Å². The fourth-order valence-electron chi connectivity index (χ4n) is 3.25. The molecule has 0 bridgehead atoms. The fourth-order valence-corrected chi connectivity index (χ4v) is 3.25. The van der Waals surface area contributed by atoms with E-state index in [4.69, 9.17) is 10.5 Å². The highest BCUT2D eigenvalue weighted by Gasteiger charge is 2.36. The summed E-state index contributed by atoms with van der Waals surface area (Å²) in [6.07, 6.45) is 9.99. The van der Waals surface area contributed by atoms with Crippen LogP contribution in [0.3, 0.4) is 0 Å². The van der Waals surface area contributed by atoms with E-state index in [0.29, 0.717) is 12.0 Å². The molecule has 1 fully saturated rings. The minimum atomic E-state index is 0.104. The number of hydrogen-bond acceptors (Lipinski definition) is 3. The lowest BCUT2D eigenvalue weighted by atomic mass is 9.83. The third kappa shape index (κ3) is 4.04. The minimum absolute atomic E-state index is 0.104. The Kier molecular flexibility index (Phi) is 5.43. The lowest BCUT2D eigenvalue weighted by molar-refractivity contribution is -0.0491. The van der Waals surface area contributed by atoms with Gasteiger partial charge in [-0.05, 0) is 51.0 Å². The molecule has 110 valence electrons. The molecular weight excluding hydrogens is 236 g/mol. The van der Waals surface area contributed by atoms with Gasteiger partial charge in [-0.2, -0.15) is 0 Å². The van der Waals surface area contributed by atoms with E-state index >= 15 is 0 Å². The summed E-state index contributed by atoms with van der Waals surface area (Å²) in [5.74, 6) is 0.575. The monoisotopic (exact) mass is 266 g/mol. The van der Waals surface area contributed by atoms with Gasteiger partial charge in [-0.1, -0.05) is 25.5 Å². The van der Waals surface area contributed by atoms with E-state index in [-0.39, 0.29) is 5.54 Å². The van der Waals surface area contributed by atoms with Crippen molar-refractivity contribution < 1.29 is 4.74 Å². The summed E-state index contributed by atoms with van der Waals surface area (Å²) in [6, 6.07) is 0. The van der Waals surface area contributed by atoms with E-state index in [9.17, 15) is 0 Å². The van der Waals surface area contributed by atoms with Crippen molar-refractivity contribution in [2.75, 3.05) is 19.7 Å². The zero-order chi connectivity index (χ0) is 13.7. The molecule has 0 aromatic rings. The molecule has 0 spiro atoms. The second-order valence-electron chi connectivity index (χ2n) is 6.52. The number of nitrogens with two attached hydrogens (primary N) is 1. The second kappa shape index (κ2) is 6.87. The fraction of sp³-hybridized carbons (Fsp3) is 0.875. The highest BCUT2D eigenvalue weighted by molar-refractivity contribution is 5.08. The van der Waals surface area contributed by atoms with Crippen molar-refractivity contribution in [1.29, 1.82) is 0 Å². The van der Waals surface area contributed by atoms with Crippen LogP contribution in [0.1, 0.15) is 52.4 Å². The number of ether oxygens (including phenoxy) is 1. The SMILES string of the molecule is CC(C)C1CC(CN)(NCCC2=CCCC2)CCO1. The van der Waals surface area contributed by atoms with E-state index < -0.39 is 0 Å². The maximum absolute atomic E-state index is 6.06. The predicted molar refractivity (Wildman–Crippen MR) is 80.2 cm³/mol. The Hall–Kier alpha value is -0.380. The van der Waals surface area contributed by atoms with E-state index in [2.05, 4.69) is 25.2 Å². The molecule has 2 aliphatic rings. The molecule has 2 unspecified atom stereocenters. The first-order valence-corrected chi connectivity index (χ1v) is 7.90. The first-order valence-electron chi connectivity index (χ1n) is 7.90. The molecule has 3 N–H and O–H groups in total. The van der Waals surface area contributed by atoms with Gasteiger partial charge in [0.1, 0.15) is 0 Å². The summed E-state index contributed by atoms with van der Waals surface area (Å²) in [5, 5.41) is 3.75. The molecule has 19 heavy (non-hydrogen) atoms. The maximum atomic E-state index is 6.06. The van der Waals surface area contributed by atoms with Crippen LogP contribution >= 0.6 is 0 Å². The van der Waals surface area contributed by atoms with Gasteiger partial charge < -0.3 is 15.8 Å². The molecule has 0 aromatic carbocycles. The molecule has 2 rings (SSSR count). The van der Waals surface area contributed by atoms with E-state index in [0.717, 1.165) is 32.5 Å². The Morgan fingerprint density at radius 1 is 1.53 bits per heavy atom. The molecule has 0 aromatic heterocycles. The second-order valence-corrected chi connectivity index (χ2v) is 6.52. The summed E-state index contributed by atoms with van der Waals surface area (Å²) >= 11 is 0. The average molecular weight is 266 g/mol. The highest BCUT2D eigenvalue weighted by Crippen LogP contribution is 2.28. The van der Waals surface area contributed by atoms with Crippen molar-refractivity contribution in [2.24, 2.45) is 11.7 Å². The third-order valence-electron chi connectivity index (χ3n) is 4.72. The highest BCUT2D eigenvalue weighted by atomic mass is 16.5. The normalized spacial score (nSPS) is 31.8. The van der Waals surface area contributed by atoms with Crippen LogP contribution in [0.15, 0.2) is 11.6 Å². The standard InChI is InChI=1S/C16H30N2O/c1-13(2)15-11-16(12-17,8-10-19-15)18-9-7-14-5-3-4-6-14/h5,13,15,18H,3-4,6-12,17H2,1-2H3. The zero-order valence-corrected chi connectivity index (χ0v) is 12.6. The first-order chi connectivity index (χ1) is 9.15. The molecule has 0 radical (unpaired) electrons. The van der Waals surface area contributed by atoms with Crippen LogP contribution in [0.5, 0.6) is 0 Å². The Morgan fingerprint density at radius 2 is 2.37 bits per heavy atom. The van der Waals surface area contributed by atoms with E-state index in [1.807, 2.05) is 0 Å². The zero-order valence-electron chi connectivity index (χ0n) is 12.6. The summed E-state index contributed by atoms with van der Waals surface area (Å²) in [6.45, 7) is 7.10. The van der Waals surface area contributed by atoms with Crippen molar-refractivity contribution in [3.8, 4) is 0 Å². The average Bonchev–Trinajstić information content (AvgIpc) is 2.92. The molecule has 2 atom stereocenters. The van der Waals surface area contributed by atoms with Crippen LogP contribution in [-0.4, -0.2) is 31.3 Å². The van der Waals surface area contributed by atoms with Gasteiger partial charge in [0.15, 0.2) is 0 Å². The Morgan fingerprint density at radius 3 is 3.00 bits per heavy atom. The number of hydrogen-bond donors (Lipinski definition) is 2. The van der Waals surface area contributed by atoms with Gasteiger partial charge in [0.05, 0.1) is 6.10 Å². The predicted octanol–water partition coefficient (Wildman–Crippen LogP) is 2.61. The van der Waals surface area contributed by atoms with Gasteiger partial charge >= 0.3 is 0 Å². The van der Waals surface area contributed by atoms with Gasteiger partial charge in [0.25, 0.3) is 0 Å². The molecule has 1 saturated heterocycles. The molecule has 0 amide bonds. The van der Waals surface area contributed by atoms with E-state index in [1.165, 1.54) is 25.7 Å². The van der Waals surface area contributed by atoms with Crippen LogP contribution in [0.25, 0.3) is 0 Å². The molecule has 1 heterocycles.